The van der Waals surface area contributed by atoms with Crippen LogP contribution in [0.3, 0.4) is 0 Å². The summed E-state index contributed by atoms with van der Waals surface area (Å²) in [5, 5.41) is 0. The summed E-state index contributed by atoms with van der Waals surface area (Å²) in [6, 6.07) is 6.84. The summed E-state index contributed by atoms with van der Waals surface area (Å²) >= 11 is 3.25. The first-order valence-corrected chi connectivity index (χ1v) is 5.81. The second-order valence-corrected chi connectivity index (χ2v) is 4.51. The number of nitrogens with two attached hydrogens (primary N) is 1. The number of hydrogen-bond acceptors (Lipinski definition) is 2. The van der Waals surface area contributed by atoms with E-state index in [-0.39, 0.29) is 6.54 Å². The van der Waals surface area contributed by atoms with Crippen molar-refractivity contribution in [2.45, 2.75) is 25.3 Å². The van der Waals surface area contributed by atoms with Gasteiger partial charge in [-0.3, -0.25) is 0 Å². The minimum atomic E-state index is -4.37. The van der Waals surface area contributed by atoms with Crippen molar-refractivity contribution in [3.63, 3.8) is 0 Å². The van der Waals surface area contributed by atoms with Gasteiger partial charge in [0, 0.05) is 11.0 Å². The van der Waals surface area contributed by atoms with E-state index in [0.717, 1.165) is 11.4 Å². The molecule has 6 heteroatoms. The smallest absolute Gasteiger partial charge is 0.360 e. The molecule has 2 N–H and O–H groups in total. The molecule has 0 heterocycles. The van der Waals surface area contributed by atoms with Gasteiger partial charge in [-0.15, -0.1) is 0 Å². The van der Waals surface area contributed by atoms with E-state index in [9.17, 15) is 13.2 Å². The van der Waals surface area contributed by atoms with Crippen LogP contribution >= 0.6 is 15.9 Å². The third-order valence-corrected chi connectivity index (χ3v) is 2.81. The molecule has 2 nitrogen and oxygen atoms in total. The topological polar surface area (TPSA) is 35.2 Å². The van der Waals surface area contributed by atoms with Crippen LogP contribution in [0.5, 0.6) is 0 Å². The minimum absolute atomic E-state index is 0.00204. The normalized spacial score (nSPS) is 15.6. The molecule has 0 amide bonds. The van der Waals surface area contributed by atoms with Crippen molar-refractivity contribution in [2.75, 3.05) is 6.54 Å². The van der Waals surface area contributed by atoms with E-state index in [1.54, 1.807) is 24.3 Å². The molecule has 17 heavy (non-hydrogen) atoms. The Labute approximate surface area is 106 Å². The molecule has 2 atom stereocenters. The Morgan fingerprint density at radius 2 is 1.82 bits per heavy atom. The molecule has 0 aliphatic heterocycles. The number of halogens is 4. The molecule has 0 aliphatic rings. The quantitative estimate of drug-likeness (QED) is 0.924. The van der Waals surface area contributed by atoms with Crippen molar-refractivity contribution < 1.29 is 17.9 Å². The molecule has 96 valence electrons. The number of hydrogen-bond donors (Lipinski definition) is 1. The van der Waals surface area contributed by atoms with E-state index in [1.807, 2.05) is 0 Å². The number of benzene rings is 1. The molecule has 0 radical (unpaired) electrons. The van der Waals surface area contributed by atoms with Gasteiger partial charge >= 0.3 is 6.18 Å². The van der Waals surface area contributed by atoms with Crippen molar-refractivity contribution in [1.82, 2.24) is 0 Å². The molecule has 0 bridgehead atoms. The van der Waals surface area contributed by atoms with Crippen LogP contribution in [0.4, 0.5) is 13.2 Å². The fourth-order valence-corrected chi connectivity index (χ4v) is 1.54. The van der Waals surface area contributed by atoms with Gasteiger partial charge in [-0.25, -0.2) is 0 Å². The first kappa shape index (κ1) is 14.5. The van der Waals surface area contributed by atoms with Gasteiger partial charge in [-0.05, 0) is 24.6 Å². The minimum Gasteiger partial charge on any atom is -0.360 e. The monoisotopic (exact) mass is 311 g/mol. The van der Waals surface area contributed by atoms with Crippen LogP contribution in [-0.4, -0.2) is 18.8 Å². The van der Waals surface area contributed by atoms with Gasteiger partial charge in [0.15, 0.2) is 6.10 Å². The van der Waals surface area contributed by atoms with Crippen molar-refractivity contribution >= 4 is 15.9 Å². The first-order chi connectivity index (χ1) is 7.84. The molecule has 0 aliphatic carbocycles. The zero-order chi connectivity index (χ0) is 13.1. The predicted molar refractivity (Wildman–Crippen MR) is 62.5 cm³/mol. The Balaban J connectivity index is 2.75. The number of ether oxygens (including phenoxy) is 1. The fraction of sp³-hybridized carbons (Fsp3) is 0.455. The summed E-state index contributed by atoms with van der Waals surface area (Å²) in [5.41, 5.74) is 6.06. The fourth-order valence-electron chi connectivity index (χ4n) is 1.27. The number of alkyl halides is 3. The molecule has 2 unspecified atom stereocenters. The maximum atomic E-state index is 12.4. The van der Waals surface area contributed by atoms with Crippen LogP contribution in [-0.2, 0) is 4.74 Å². The Bertz CT molecular complexity index is 353. The predicted octanol–water partition coefficient (Wildman–Crippen LogP) is 3.42. The van der Waals surface area contributed by atoms with Gasteiger partial charge in [0.05, 0.1) is 6.10 Å². The molecule has 0 saturated carbocycles. The lowest BCUT2D eigenvalue weighted by molar-refractivity contribution is -0.226. The van der Waals surface area contributed by atoms with E-state index < -0.39 is 18.4 Å². The summed E-state index contributed by atoms with van der Waals surface area (Å²) in [4.78, 5) is 0. The molecule has 0 fully saturated rings. The second kappa shape index (κ2) is 5.84. The Morgan fingerprint density at radius 1 is 1.29 bits per heavy atom. The molecular weight excluding hydrogens is 299 g/mol. The zero-order valence-electron chi connectivity index (χ0n) is 9.17. The van der Waals surface area contributed by atoms with Crippen LogP contribution < -0.4 is 5.73 Å². The van der Waals surface area contributed by atoms with E-state index in [0.29, 0.717) is 5.56 Å². The van der Waals surface area contributed by atoms with Crippen LogP contribution in [0.1, 0.15) is 18.6 Å². The van der Waals surface area contributed by atoms with Gasteiger partial charge in [-0.1, -0.05) is 28.1 Å². The van der Waals surface area contributed by atoms with Crippen LogP contribution in [0.2, 0.25) is 0 Å². The third-order valence-electron chi connectivity index (χ3n) is 2.29. The lowest BCUT2D eigenvalue weighted by atomic mass is 10.1. The molecular formula is C11H13BrF3NO. The molecule has 0 aromatic heterocycles. The highest BCUT2D eigenvalue weighted by Gasteiger charge is 2.38. The van der Waals surface area contributed by atoms with Gasteiger partial charge in [0.2, 0.25) is 0 Å². The van der Waals surface area contributed by atoms with Gasteiger partial charge in [0.25, 0.3) is 0 Å². The molecule has 0 spiro atoms. The van der Waals surface area contributed by atoms with Crippen LogP contribution in [0.25, 0.3) is 0 Å². The molecule has 1 aromatic rings. The first-order valence-electron chi connectivity index (χ1n) is 5.02. The zero-order valence-corrected chi connectivity index (χ0v) is 10.8. The molecule has 0 saturated heterocycles. The number of rotatable bonds is 4. The standard InChI is InChI=1S/C11H13BrF3NO/c1-7(11(13,14)15)17-10(6-16)8-2-4-9(12)5-3-8/h2-5,7,10H,6,16H2,1H3. The molecule has 1 aromatic carbocycles. The Morgan fingerprint density at radius 3 is 2.24 bits per heavy atom. The van der Waals surface area contributed by atoms with E-state index in [2.05, 4.69) is 15.9 Å². The van der Waals surface area contributed by atoms with Crippen molar-refractivity contribution in [1.29, 1.82) is 0 Å². The SMILES string of the molecule is CC(OC(CN)c1ccc(Br)cc1)C(F)(F)F. The van der Waals surface area contributed by atoms with Crippen LogP contribution in [0.15, 0.2) is 28.7 Å². The largest absolute Gasteiger partial charge is 0.414 e. The van der Waals surface area contributed by atoms with E-state index in [4.69, 9.17) is 10.5 Å². The maximum Gasteiger partial charge on any atom is 0.414 e. The summed E-state index contributed by atoms with van der Waals surface area (Å²) in [6.07, 6.45) is -6.96. The maximum absolute atomic E-state index is 12.4. The average molecular weight is 312 g/mol. The van der Waals surface area contributed by atoms with E-state index in [1.165, 1.54) is 0 Å². The van der Waals surface area contributed by atoms with Gasteiger partial charge < -0.3 is 10.5 Å². The highest BCUT2D eigenvalue weighted by atomic mass is 79.9. The van der Waals surface area contributed by atoms with Crippen LogP contribution in [0, 0.1) is 0 Å². The van der Waals surface area contributed by atoms with Crippen molar-refractivity contribution in [3.05, 3.63) is 34.3 Å². The van der Waals surface area contributed by atoms with Crippen molar-refractivity contribution in [3.8, 4) is 0 Å². The summed E-state index contributed by atoms with van der Waals surface area (Å²) in [5.74, 6) is 0. The Hall–Kier alpha value is -0.590. The highest BCUT2D eigenvalue weighted by Crippen LogP contribution is 2.28. The Kier molecular flexibility index (Phi) is 4.97. The summed E-state index contributed by atoms with van der Waals surface area (Å²) in [7, 11) is 0. The average Bonchev–Trinajstić information content (AvgIpc) is 2.25. The van der Waals surface area contributed by atoms with E-state index >= 15 is 0 Å². The lowest BCUT2D eigenvalue weighted by Crippen LogP contribution is -2.32. The van der Waals surface area contributed by atoms with Gasteiger partial charge in [-0.2, -0.15) is 13.2 Å². The lowest BCUT2D eigenvalue weighted by Gasteiger charge is -2.23. The summed E-state index contributed by atoms with van der Waals surface area (Å²) in [6.45, 7) is 0.976. The molecule has 1 rings (SSSR count). The third kappa shape index (κ3) is 4.29. The van der Waals surface area contributed by atoms with Crippen molar-refractivity contribution in [2.24, 2.45) is 5.73 Å². The highest BCUT2D eigenvalue weighted by molar-refractivity contribution is 9.10. The summed E-state index contributed by atoms with van der Waals surface area (Å²) < 4.78 is 42.8. The second-order valence-electron chi connectivity index (χ2n) is 3.60. The van der Waals surface area contributed by atoms with Gasteiger partial charge in [0.1, 0.15) is 0 Å².